The van der Waals surface area contributed by atoms with Crippen LogP contribution >= 0.6 is 23.2 Å². The molecular weight excluding hydrogens is 361 g/mol. The van der Waals surface area contributed by atoms with Crippen LogP contribution in [-0.4, -0.2) is 23.2 Å². The largest absolute Gasteiger partial charge is 0.504 e. The number of carbonyl (C=O) groups is 1. The number of ether oxygens (including phenoxy) is 1. The van der Waals surface area contributed by atoms with E-state index in [-0.39, 0.29) is 16.7 Å². The summed E-state index contributed by atoms with van der Waals surface area (Å²) in [6.45, 7) is 0. The lowest BCUT2D eigenvalue weighted by Crippen LogP contribution is -2.00. The number of aromatic nitrogens is 1. The zero-order valence-corrected chi connectivity index (χ0v) is 14.7. The van der Waals surface area contributed by atoms with E-state index >= 15 is 0 Å². The summed E-state index contributed by atoms with van der Waals surface area (Å²) in [4.78, 5) is 15.8. The third-order valence-electron chi connectivity index (χ3n) is 3.66. The van der Waals surface area contributed by atoms with Gasteiger partial charge in [-0.2, -0.15) is 0 Å². The third kappa shape index (κ3) is 3.60. The number of aromatic hydroxyl groups is 1. The molecule has 3 aromatic rings. The van der Waals surface area contributed by atoms with Gasteiger partial charge in [0.2, 0.25) is 0 Å². The summed E-state index contributed by atoms with van der Waals surface area (Å²) in [5.74, 6) is -0.477. The fourth-order valence-electron chi connectivity index (χ4n) is 2.34. The Morgan fingerprint density at radius 1 is 1.08 bits per heavy atom. The van der Waals surface area contributed by atoms with E-state index in [1.165, 1.54) is 13.2 Å². The molecule has 0 fully saturated rings. The summed E-state index contributed by atoms with van der Waals surface area (Å²) < 4.78 is 4.66. The molecule has 0 unspecified atom stereocenters. The van der Waals surface area contributed by atoms with Crippen molar-refractivity contribution in [1.82, 2.24) is 4.98 Å². The number of hydrogen-bond donors (Lipinski definition) is 1. The van der Waals surface area contributed by atoms with Gasteiger partial charge in [0.1, 0.15) is 5.52 Å². The number of benzene rings is 2. The van der Waals surface area contributed by atoms with E-state index in [0.717, 1.165) is 5.56 Å². The minimum Gasteiger partial charge on any atom is -0.504 e. The molecule has 0 spiro atoms. The highest BCUT2D eigenvalue weighted by Gasteiger charge is 2.10. The maximum absolute atomic E-state index is 11.4. The summed E-state index contributed by atoms with van der Waals surface area (Å²) in [6.07, 6.45) is 3.64. The third-order valence-corrected chi connectivity index (χ3v) is 4.26. The van der Waals surface area contributed by atoms with Crippen LogP contribution in [0.15, 0.2) is 42.5 Å². The maximum atomic E-state index is 11.4. The number of phenolic OH excluding ortho intramolecular Hbond substituents is 1. The SMILES string of the molecule is COC(=O)c1ccc(C=Cc2ccc3c(Cl)cc(Cl)c(O)c3n2)cc1. The Labute approximate surface area is 154 Å². The van der Waals surface area contributed by atoms with Gasteiger partial charge >= 0.3 is 5.97 Å². The predicted octanol–water partition coefficient (Wildman–Crippen LogP) is 5.20. The Bertz CT molecular complexity index is 982. The van der Waals surface area contributed by atoms with Crippen molar-refractivity contribution in [2.24, 2.45) is 0 Å². The number of rotatable bonds is 3. The van der Waals surface area contributed by atoms with E-state index < -0.39 is 0 Å². The monoisotopic (exact) mass is 373 g/mol. The second-order valence-corrected chi connectivity index (χ2v) is 6.08. The average molecular weight is 374 g/mol. The minimum atomic E-state index is -0.379. The van der Waals surface area contributed by atoms with E-state index in [0.29, 0.717) is 27.2 Å². The Morgan fingerprint density at radius 2 is 1.80 bits per heavy atom. The Hall–Kier alpha value is -2.56. The molecule has 1 aromatic heterocycles. The quantitative estimate of drug-likeness (QED) is 0.640. The lowest BCUT2D eigenvalue weighted by Gasteiger charge is -2.05. The normalized spacial score (nSPS) is 11.2. The standard InChI is InChI=1S/C19H13Cl2NO3/c1-25-19(24)12-5-2-11(3-6-12)4-7-13-8-9-14-15(20)10-16(21)18(23)17(14)22-13/h2-10,23H,1H3. The van der Waals surface area contributed by atoms with Gasteiger partial charge in [-0.25, -0.2) is 9.78 Å². The molecule has 0 radical (unpaired) electrons. The Kier molecular flexibility index (Phi) is 4.93. The van der Waals surface area contributed by atoms with Crippen molar-refractivity contribution < 1.29 is 14.6 Å². The van der Waals surface area contributed by atoms with Gasteiger partial charge in [-0.15, -0.1) is 0 Å². The first-order valence-electron chi connectivity index (χ1n) is 7.34. The lowest BCUT2D eigenvalue weighted by molar-refractivity contribution is 0.0600. The maximum Gasteiger partial charge on any atom is 0.337 e. The summed E-state index contributed by atoms with van der Waals surface area (Å²) in [7, 11) is 1.34. The smallest absolute Gasteiger partial charge is 0.337 e. The zero-order valence-electron chi connectivity index (χ0n) is 13.2. The summed E-state index contributed by atoms with van der Waals surface area (Å²) in [6, 6.07) is 12.0. The molecule has 0 aliphatic carbocycles. The van der Waals surface area contributed by atoms with Crippen molar-refractivity contribution in [2.45, 2.75) is 0 Å². The molecule has 3 rings (SSSR count). The molecule has 1 heterocycles. The van der Waals surface area contributed by atoms with Gasteiger partial charge in [0, 0.05) is 5.39 Å². The molecule has 0 saturated carbocycles. The summed E-state index contributed by atoms with van der Waals surface area (Å²) in [5, 5.41) is 11.3. The lowest BCUT2D eigenvalue weighted by atomic mass is 10.1. The predicted molar refractivity (Wildman–Crippen MR) is 100 cm³/mol. The molecule has 2 aromatic carbocycles. The van der Waals surface area contributed by atoms with Crippen molar-refractivity contribution in [3.63, 3.8) is 0 Å². The van der Waals surface area contributed by atoms with Crippen LogP contribution in [0.2, 0.25) is 10.0 Å². The molecule has 126 valence electrons. The zero-order chi connectivity index (χ0) is 18.0. The van der Waals surface area contributed by atoms with Crippen LogP contribution in [0, 0.1) is 0 Å². The van der Waals surface area contributed by atoms with Gasteiger partial charge < -0.3 is 9.84 Å². The van der Waals surface area contributed by atoms with Crippen molar-refractivity contribution in [3.05, 3.63) is 69.3 Å². The van der Waals surface area contributed by atoms with Gasteiger partial charge in [-0.3, -0.25) is 0 Å². The molecule has 0 amide bonds. The fourth-order valence-corrected chi connectivity index (χ4v) is 2.86. The van der Waals surface area contributed by atoms with Crippen LogP contribution in [-0.2, 0) is 4.74 Å². The molecule has 6 heteroatoms. The highest BCUT2D eigenvalue weighted by Crippen LogP contribution is 2.36. The molecule has 4 nitrogen and oxygen atoms in total. The number of nitrogens with zero attached hydrogens (tertiary/aromatic N) is 1. The first-order chi connectivity index (χ1) is 12.0. The minimum absolute atomic E-state index is 0.0984. The van der Waals surface area contributed by atoms with Gasteiger partial charge in [0.15, 0.2) is 5.75 Å². The molecule has 0 saturated heterocycles. The molecular formula is C19H13Cl2NO3. The van der Waals surface area contributed by atoms with Crippen LogP contribution in [0.5, 0.6) is 5.75 Å². The molecule has 0 bridgehead atoms. The van der Waals surface area contributed by atoms with Crippen LogP contribution < -0.4 is 0 Å². The van der Waals surface area contributed by atoms with Gasteiger partial charge in [-0.05, 0) is 42.0 Å². The molecule has 0 aliphatic rings. The number of phenols is 1. The topological polar surface area (TPSA) is 59.4 Å². The van der Waals surface area contributed by atoms with Gasteiger partial charge in [0.05, 0.1) is 28.4 Å². The van der Waals surface area contributed by atoms with E-state index in [9.17, 15) is 9.90 Å². The van der Waals surface area contributed by atoms with Crippen molar-refractivity contribution in [3.8, 4) is 5.75 Å². The van der Waals surface area contributed by atoms with Gasteiger partial charge in [0.25, 0.3) is 0 Å². The number of esters is 1. The number of methoxy groups -OCH3 is 1. The molecule has 0 atom stereocenters. The number of hydrogen-bond acceptors (Lipinski definition) is 4. The van der Waals surface area contributed by atoms with Crippen molar-refractivity contribution in [2.75, 3.05) is 7.11 Å². The van der Waals surface area contributed by atoms with E-state index in [1.807, 2.05) is 6.08 Å². The highest BCUT2D eigenvalue weighted by atomic mass is 35.5. The second-order valence-electron chi connectivity index (χ2n) is 5.27. The van der Waals surface area contributed by atoms with Crippen molar-refractivity contribution >= 4 is 52.2 Å². The van der Waals surface area contributed by atoms with Crippen molar-refractivity contribution in [1.29, 1.82) is 0 Å². The first-order valence-corrected chi connectivity index (χ1v) is 8.09. The highest BCUT2D eigenvalue weighted by molar-refractivity contribution is 6.39. The summed E-state index contributed by atoms with van der Waals surface area (Å²) >= 11 is 12.1. The van der Waals surface area contributed by atoms with E-state index in [2.05, 4.69) is 9.72 Å². The number of pyridine rings is 1. The van der Waals surface area contributed by atoms with E-state index in [4.69, 9.17) is 23.2 Å². The van der Waals surface area contributed by atoms with Crippen LogP contribution in [0.1, 0.15) is 21.6 Å². The van der Waals surface area contributed by atoms with Crippen LogP contribution in [0.3, 0.4) is 0 Å². The first kappa shape index (κ1) is 17.3. The van der Waals surface area contributed by atoms with Crippen LogP contribution in [0.25, 0.3) is 23.1 Å². The number of carbonyl (C=O) groups excluding carboxylic acids is 1. The van der Waals surface area contributed by atoms with Gasteiger partial charge in [-0.1, -0.05) is 41.4 Å². The van der Waals surface area contributed by atoms with E-state index in [1.54, 1.807) is 42.5 Å². The summed E-state index contributed by atoms with van der Waals surface area (Å²) in [5.41, 5.74) is 2.36. The average Bonchev–Trinajstić information content (AvgIpc) is 2.64. The second kappa shape index (κ2) is 7.13. The molecule has 1 N–H and O–H groups in total. The van der Waals surface area contributed by atoms with Crippen LogP contribution in [0.4, 0.5) is 0 Å². The number of halogens is 2. The Morgan fingerprint density at radius 3 is 2.48 bits per heavy atom. The molecule has 0 aliphatic heterocycles. The fraction of sp³-hybridized carbons (Fsp3) is 0.0526. The molecule has 25 heavy (non-hydrogen) atoms. The number of fused-ring (bicyclic) bond motifs is 1. The Balaban J connectivity index is 1.91.